The number of hydrogen-bond acceptors (Lipinski definition) is 3. The molecule has 0 radical (unpaired) electrons. The van der Waals surface area contributed by atoms with Crippen molar-refractivity contribution in [2.24, 2.45) is 0 Å². The molecule has 0 atom stereocenters. The lowest BCUT2D eigenvalue weighted by atomic mass is 10.1. The van der Waals surface area contributed by atoms with E-state index in [9.17, 15) is 4.79 Å². The third kappa shape index (κ3) is 1.93. The maximum atomic E-state index is 10.8. The molecule has 2 aromatic rings. The van der Waals surface area contributed by atoms with Gasteiger partial charge in [0.15, 0.2) is 0 Å². The molecule has 0 fully saturated rings. The Labute approximate surface area is 92.3 Å². The molecule has 1 aromatic carbocycles. The van der Waals surface area contributed by atoms with Gasteiger partial charge in [-0.25, -0.2) is 4.79 Å². The highest BCUT2D eigenvalue weighted by Crippen LogP contribution is 2.17. The van der Waals surface area contributed by atoms with E-state index in [0.29, 0.717) is 5.69 Å². The first-order valence-electron chi connectivity index (χ1n) is 4.94. The van der Waals surface area contributed by atoms with Crippen LogP contribution in [0.5, 0.6) is 0 Å². The van der Waals surface area contributed by atoms with Gasteiger partial charge in [0, 0.05) is 12.1 Å². The summed E-state index contributed by atoms with van der Waals surface area (Å²) in [6.45, 7) is 2.71. The van der Waals surface area contributed by atoms with Crippen LogP contribution in [0.3, 0.4) is 0 Å². The Morgan fingerprint density at radius 3 is 2.94 bits per heavy atom. The number of rotatable bonds is 3. The van der Waals surface area contributed by atoms with Gasteiger partial charge < -0.3 is 5.11 Å². The fourth-order valence-corrected chi connectivity index (χ4v) is 1.40. The van der Waals surface area contributed by atoms with E-state index in [0.717, 1.165) is 12.1 Å². The molecule has 1 aromatic heterocycles. The highest BCUT2D eigenvalue weighted by atomic mass is 16.4. The average Bonchev–Trinajstić information content (AvgIpc) is 2.77. The molecular weight excluding hydrogens is 206 g/mol. The number of carboxylic acids is 1. The minimum absolute atomic E-state index is 0.253. The van der Waals surface area contributed by atoms with Gasteiger partial charge in [-0.2, -0.15) is 0 Å². The van der Waals surface area contributed by atoms with Gasteiger partial charge in [-0.1, -0.05) is 17.3 Å². The van der Waals surface area contributed by atoms with Crippen molar-refractivity contribution in [1.82, 2.24) is 15.0 Å². The molecule has 16 heavy (non-hydrogen) atoms. The molecule has 0 aliphatic rings. The van der Waals surface area contributed by atoms with Crippen molar-refractivity contribution in [1.29, 1.82) is 0 Å². The topological polar surface area (TPSA) is 68.0 Å². The number of benzene rings is 1. The Morgan fingerprint density at radius 1 is 1.50 bits per heavy atom. The van der Waals surface area contributed by atoms with Crippen LogP contribution in [0.25, 0.3) is 11.3 Å². The Balaban J connectivity index is 2.40. The predicted octanol–water partition coefficient (Wildman–Crippen LogP) is 1.66. The van der Waals surface area contributed by atoms with Crippen molar-refractivity contribution in [3.63, 3.8) is 0 Å². The Morgan fingerprint density at radius 2 is 2.31 bits per heavy atom. The molecule has 1 N–H and O–H groups in total. The first kappa shape index (κ1) is 10.4. The Kier molecular flexibility index (Phi) is 2.68. The lowest BCUT2D eigenvalue weighted by Crippen LogP contribution is -1.95. The smallest absolute Gasteiger partial charge is 0.335 e. The minimum Gasteiger partial charge on any atom is -0.478 e. The van der Waals surface area contributed by atoms with Crippen molar-refractivity contribution in [2.75, 3.05) is 0 Å². The van der Waals surface area contributed by atoms with Crippen LogP contribution in [0, 0.1) is 0 Å². The van der Waals surface area contributed by atoms with Gasteiger partial charge in [0.05, 0.1) is 11.8 Å². The molecule has 5 nitrogen and oxygen atoms in total. The summed E-state index contributed by atoms with van der Waals surface area (Å²) in [5.74, 6) is -0.940. The number of carbonyl (C=O) groups is 1. The first-order chi connectivity index (χ1) is 7.70. The van der Waals surface area contributed by atoms with Crippen LogP contribution in [0.4, 0.5) is 0 Å². The fourth-order valence-electron chi connectivity index (χ4n) is 1.40. The molecule has 0 saturated carbocycles. The molecule has 82 valence electrons. The summed E-state index contributed by atoms with van der Waals surface area (Å²) in [7, 11) is 0. The van der Waals surface area contributed by atoms with E-state index in [1.165, 1.54) is 0 Å². The lowest BCUT2D eigenvalue weighted by molar-refractivity contribution is 0.0697. The summed E-state index contributed by atoms with van der Waals surface area (Å²) >= 11 is 0. The van der Waals surface area contributed by atoms with Crippen LogP contribution in [-0.2, 0) is 6.54 Å². The molecule has 0 bridgehead atoms. The largest absolute Gasteiger partial charge is 0.478 e. The van der Waals surface area contributed by atoms with Gasteiger partial charge in [-0.05, 0) is 19.1 Å². The molecule has 0 aliphatic carbocycles. The maximum absolute atomic E-state index is 10.8. The predicted molar refractivity (Wildman–Crippen MR) is 58.1 cm³/mol. The molecule has 0 spiro atoms. The summed E-state index contributed by atoms with van der Waals surface area (Å²) in [5, 5.41) is 16.7. The van der Waals surface area contributed by atoms with Gasteiger partial charge in [0.25, 0.3) is 0 Å². The second-order valence-electron chi connectivity index (χ2n) is 3.35. The second kappa shape index (κ2) is 4.14. The van der Waals surface area contributed by atoms with E-state index in [4.69, 9.17) is 5.11 Å². The highest BCUT2D eigenvalue weighted by Gasteiger charge is 2.07. The Hall–Kier alpha value is -2.17. The van der Waals surface area contributed by atoms with Crippen LogP contribution < -0.4 is 0 Å². The summed E-state index contributed by atoms with van der Waals surface area (Å²) in [5.41, 5.74) is 1.70. The van der Waals surface area contributed by atoms with Gasteiger partial charge in [0.2, 0.25) is 0 Å². The summed E-state index contributed by atoms with van der Waals surface area (Å²) < 4.78 is 1.70. The highest BCUT2D eigenvalue weighted by molar-refractivity contribution is 5.89. The van der Waals surface area contributed by atoms with Gasteiger partial charge in [-0.15, -0.1) is 5.10 Å². The number of nitrogens with zero attached hydrogens (tertiary/aromatic N) is 3. The van der Waals surface area contributed by atoms with Crippen LogP contribution in [0.15, 0.2) is 30.5 Å². The van der Waals surface area contributed by atoms with E-state index in [2.05, 4.69) is 10.3 Å². The number of aromatic carboxylic acids is 1. The number of carboxylic acid groups (broad SMARTS) is 1. The zero-order valence-electron chi connectivity index (χ0n) is 8.79. The van der Waals surface area contributed by atoms with Gasteiger partial charge >= 0.3 is 5.97 Å². The molecule has 0 amide bonds. The summed E-state index contributed by atoms with van der Waals surface area (Å²) in [4.78, 5) is 10.8. The summed E-state index contributed by atoms with van der Waals surface area (Å²) in [6, 6.07) is 6.66. The number of hydrogen-bond donors (Lipinski definition) is 1. The second-order valence-corrected chi connectivity index (χ2v) is 3.35. The number of aromatic nitrogens is 3. The molecule has 5 heteroatoms. The summed E-state index contributed by atoms with van der Waals surface area (Å²) in [6.07, 6.45) is 1.79. The molecular formula is C11H11N3O2. The minimum atomic E-state index is -0.940. The van der Waals surface area contributed by atoms with Crippen molar-refractivity contribution in [2.45, 2.75) is 13.5 Å². The lowest BCUT2D eigenvalue weighted by Gasteiger charge is -1.97. The zero-order valence-corrected chi connectivity index (χ0v) is 8.79. The van der Waals surface area contributed by atoms with Crippen LogP contribution in [0.1, 0.15) is 17.3 Å². The number of aryl methyl sites for hydroxylation is 1. The van der Waals surface area contributed by atoms with Crippen molar-refractivity contribution >= 4 is 5.97 Å². The molecule has 1 heterocycles. The molecule has 2 rings (SSSR count). The van der Waals surface area contributed by atoms with E-state index in [1.54, 1.807) is 29.1 Å². The van der Waals surface area contributed by atoms with Crippen LogP contribution >= 0.6 is 0 Å². The van der Waals surface area contributed by atoms with Crippen molar-refractivity contribution in [3.8, 4) is 11.3 Å². The van der Waals surface area contributed by atoms with Gasteiger partial charge in [0.1, 0.15) is 5.69 Å². The molecule has 0 saturated heterocycles. The van der Waals surface area contributed by atoms with E-state index >= 15 is 0 Å². The molecule has 0 unspecified atom stereocenters. The fraction of sp³-hybridized carbons (Fsp3) is 0.182. The van der Waals surface area contributed by atoms with Crippen molar-refractivity contribution in [3.05, 3.63) is 36.0 Å². The van der Waals surface area contributed by atoms with E-state index in [-0.39, 0.29) is 5.56 Å². The standard InChI is InChI=1S/C11H11N3O2/c1-2-14-7-10(12-13-14)8-4-3-5-9(6-8)11(15)16/h3-7H,2H2,1H3,(H,15,16). The molecule has 0 aliphatic heterocycles. The third-order valence-corrected chi connectivity index (χ3v) is 2.27. The normalized spacial score (nSPS) is 10.3. The third-order valence-electron chi connectivity index (χ3n) is 2.27. The first-order valence-corrected chi connectivity index (χ1v) is 4.94. The van der Waals surface area contributed by atoms with Gasteiger partial charge in [-0.3, -0.25) is 4.68 Å². The van der Waals surface area contributed by atoms with E-state index in [1.807, 2.05) is 13.0 Å². The quantitative estimate of drug-likeness (QED) is 0.849. The van der Waals surface area contributed by atoms with Crippen LogP contribution in [-0.4, -0.2) is 26.1 Å². The van der Waals surface area contributed by atoms with Crippen molar-refractivity contribution < 1.29 is 9.90 Å². The average molecular weight is 217 g/mol. The SMILES string of the molecule is CCn1cc(-c2cccc(C(=O)O)c2)nn1. The van der Waals surface area contributed by atoms with E-state index < -0.39 is 5.97 Å². The van der Waals surface area contributed by atoms with Crippen LogP contribution in [0.2, 0.25) is 0 Å². The monoisotopic (exact) mass is 217 g/mol. The zero-order chi connectivity index (χ0) is 11.5. The Bertz CT molecular complexity index is 519. The maximum Gasteiger partial charge on any atom is 0.335 e.